The smallest absolute Gasteiger partial charge is 0.0251 e. The van der Waals surface area contributed by atoms with Crippen LogP contribution >= 0.6 is 11.6 Å². The van der Waals surface area contributed by atoms with Crippen LogP contribution in [0.2, 0.25) is 0 Å². The van der Waals surface area contributed by atoms with Crippen LogP contribution in [0.5, 0.6) is 0 Å². The maximum Gasteiger partial charge on any atom is 0.0251 e. The Morgan fingerprint density at radius 1 is 1.38 bits per heavy atom. The summed E-state index contributed by atoms with van der Waals surface area (Å²) in [4.78, 5) is 0. The normalized spacial score (nSPS) is 28.5. The van der Waals surface area contributed by atoms with Gasteiger partial charge in [0.05, 0.1) is 0 Å². The van der Waals surface area contributed by atoms with Crippen LogP contribution in [0.3, 0.4) is 0 Å². The van der Waals surface area contributed by atoms with Crippen LogP contribution in [0, 0.1) is 11.8 Å². The monoisotopic (exact) mass is 194 g/mol. The predicted molar refractivity (Wildman–Crippen MR) is 57.2 cm³/mol. The van der Waals surface area contributed by atoms with E-state index in [1.165, 1.54) is 12.0 Å². The molecule has 1 aliphatic rings. The van der Waals surface area contributed by atoms with Crippen molar-refractivity contribution in [1.29, 1.82) is 0 Å². The van der Waals surface area contributed by atoms with Crippen LogP contribution in [-0.4, -0.2) is 5.88 Å². The Hall–Kier alpha value is -0.490. The van der Waals surface area contributed by atoms with Crippen LogP contribution in [0.4, 0.5) is 0 Å². The molecule has 0 radical (unpaired) electrons. The Morgan fingerprint density at radius 3 is 2.69 bits per heavy atom. The molecule has 1 heteroatoms. The lowest BCUT2D eigenvalue weighted by atomic mass is 10.0. The number of rotatable bonds is 3. The molecular formula is C12H15Cl. The third kappa shape index (κ3) is 1.88. The van der Waals surface area contributed by atoms with E-state index >= 15 is 0 Å². The Bertz CT molecular complexity index is 268. The predicted octanol–water partition coefficient (Wildman–Crippen LogP) is 3.67. The van der Waals surface area contributed by atoms with E-state index in [4.69, 9.17) is 11.6 Å². The molecule has 1 saturated carbocycles. The maximum atomic E-state index is 5.84. The molecule has 0 amide bonds. The van der Waals surface area contributed by atoms with Gasteiger partial charge in [0.1, 0.15) is 0 Å². The molecule has 0 nitrogen and oxygen atoms in total. The molecule has 0 N–H and O–H groups in total. The summed E-state index contributed by atoms with van der Waals surface area (Å²) in [7, 11) is 0. The Kier molecular flexibility index (Phi) is 2.59. The standard InChI is InChI=1S/C12H15Cl/c1-9(8-13)11-7-12(11)10-5-3-2-4-6-10/h2-6,9,11-12H,7-8H2,1H3. The van der Waals surface area contributed by atoms with Crippen LogP contribution in [0.1, 0.15) is 24.8 Å². The number of halogens is 1. The first-order chi connectivity index (χ1) is 6.33. The molecule has 1 fully saturated rings. The highest BCUT2D eigenvalue weighted by atomic mass is 35.5. The summed E-state index contributed by atoms with van der Waals surface area (Å²) in [6.45, 7) is 2.25. The maximum absolute atomic E-state index is 5.84. The van der Waals surface area contributed by atoms with Crippen LogP contribution in [0.15, 0.2) is 30.3 Å². The second-order valence-corrected chi connectivity index (χ2v) is 4.36. The zero-order chi connectivity index (χ0) is 9.26. The summed E-state index contributed by atoms with van der Waals surface area (Å²) in [6, 6.07) is 10.8. The van der Waals surface area contributed by atoms with E-state index in [2.05, 4.69) is 37.3 Å². The fourth-order valence-electron chi connectivity index (χ4n) is 2.04. The summed E-state index contributed by atoms with van der Waals surface area (Å²) >= 11 is 5.84. The number of hydrogen-bond acceptors (Lipinski definition) is 0. The van der Waals surface area contributed by atoms with Crippen molar-refractivity contribution in [2.75, 3.05) is 5.88 Å². The molecule has 3 atom stereocenters. The zero-order valence-corrected chi connectivity index (χ0v) is 8.67. The van der Waals surface area contributed by atoms with E-state index in [0.29, 0.717) is 5.92 Å². The van der Waals surface area contributed by atoms with Gasteiger partial charge in [-0.25, -0.2) is 0 Å². The van der Waals surface area contributed by atoms with Crippen molar-refractivity contribution < 1.29 is 0 Å². The van der Waals surface area contributed by atoms with E-state index in [-0.39, 0.29) is 0 Å². The van der Waals surface area contributed by atoms with Crippen molar-refractivity contribution in [3.63, 3.8) is 0 Å². The highest BCUT2D eigenvalue weighted by Gasteiger charge is 2.41. The Morgan fingerprint density at radius 2 is 2.08 bits per heavy atom. The quantitative estimate of drug-likeness (QED) is 0.645. The molecule has 0 bridgehead atoms. The molecule has 70 valence electrons. The molecule has 1 aromatic carbocycles. The van der Waals surface area contributed by atoms with Crippen LogP contribution < -0.4 is 0 Å². The first-order valence-electron chi connectivity index (χ1n) is 4.94. The Balaban J connectivity index is 2.00. The van der Waals surface area contributed by atoms with E-state index in [1.54, 1.807) is 0 Å². The first-order valence-corrected chi connectivity index (χ1v) is 5.47. The van der Waals surface area contributed by atoms with Crippen molar-refractivity contribution in [2.24, 2.45) is 11.8 Å². The summed E-state index contributed by atoms with van der Waals surface area (Å²) in [5.41, 5.74) is 1.49. The zero-order valence-electron chi connectivity index (χ0n) is 7.91. The summed E-state index contributed by atoms with van der Waals surface area (Å²) in [5.74, 6) is 3.09. The van der Waals surface area contributed by atoms with Gasteiger partial charge in [-0.2, -0.15) is 0 Å². The SMILES string of the molecule is CC(CCl)C1CC1c1ccccc1. The molecular weight excluding hydrogens is 180 g/mol. The van der Waals surface area contributed by atoms with Crippen LogP contribution in [0.25, 0.3) is 0 Å². The van der Waals surface area contributed by atoms with Crippen molar-refractivity contribution >= 4 is 11.6 Å². The first kappa shape index (κ1) is 9.08. The second-order valence-electron chi connectivity index (χ2n) is 4.05. The lowest BCUT2D eigenvalue weighted by Gasteiger charge is -2.05. The van der Waals surface area contributed by atoms with Gasteiger partial charge in [-0.3, -0.25) is 0 Å². The van der Waals surface area contributed by atoms with Gasteiger partial charge in [0.25, 0.3) is 0 Å². The highest BCUT2D eigenvalue weighted by Crippen LogP contribution is 2.51. The topological polar surface area (TPSA) is 0 Å². The fraction of sp³-hybridized carbons (Fsp3) is 0.500. The van der Waals surface area contributed by atoms with Gasteiger partial charge in [0, 0.05) is 5.88 Å². The lowest BCUT2D eigenvalue weighted by Crippen LogP contribution is -1.99. The van der Waals surface area contributed by atoms with Gasteiger partial charge in [0.2, 0.25) is 0 Å². The van der Waals surface area contributed by atoms with Gasteiger partial charge in [-0.1, -0.05) is 37.3 Å². The molecule has 1 aliphatic carbocycles. The molecule has 13 heavy (non-hydrogen) atoms. The van der Waals surface area contributed by atoms with Crippen molar-refractivity contribution in [2.45, 2.75) is 19.3 Å². The average Bonchev–Trinajstić information content (AvgIpc) is 2.98. The molecule has 0 heterocycles. The fourth-order valence-corrected chi connectivity index (χ4v) is 2.27. The highest BCUT2D eigenvalue weighted by molar-refractivity contribution is 6.18. The summed E-state index contributed by atoms with van der Waals surface area (Å²) in [6.07, 6.45) is 1.33. The van der Waals surface area contributed by atoms with E-state index in [9.17, 15) is 0 Å². The third-order valence-electron chi connectivity index (χ3n) is 3.04. The number of hydrogen-bond donors (Lipinski definition) is 0. The van der Waals surface area contributed by atoms with Crippen molar-refractivity contribution in [3.05, 3.63) is 35.9 Å². The van der Waals surface area contributed by atoms with Gasteiger partial charge in [0.15, 0.2) is 0 Å². The molecule has 1 aromatic rings. The molecule has 0 spiro atoms. The minimum absolute atomic E-state index is 0.673. The molecule has 0 aromatic heterocycles. The average molecular weight is 195 g/mol. The summed E-state index contributed by atoms with van der Waals surface area (Å²) < 4.78 is 0. The van der Waals surface area contributed by atoms with E-state index in [1.807, 2.05) is 0 Å². The minimum Gasteiger partial charge on any atom is -0.126 e. The van der Waals surface area contributed by atoms with Gasteiger partial charge in [-0.15, -0.1) is 11.6 Å². The van der Waals surface area contributed by atoms with Crippen molar-refractivity contribution in [1.82, 2.24) is 0 Å². The second kappa shape index (κ2) is 3.71. The molecule has 0 aliphatic heterocycles. The minimum atomic E-state index is 0.673. The number of benzene rings is 1. The number of alkyl halides is 1. The molecule has 3 unspecified atom stereocenters. The largest absolute Gasteiger partial charge is 0.126 e. The third-order valence-corrected chi connectivity index (χ3v) is 3.53. The van der Waals surface area contributed by atoms with Crippen molar-refractivity contribution in [3.8, 4) is 0 Å². The van der Waals surface area contributed by atoms with Crippen LogP contribution in [-0.2, 0) is 0 Å². The lowest BCUT2D eigenvalue weighted by molar-refractivity contribution is 0.555. The Labute approximate surface area is 84.9 Å². The van der Waals surface area contributed by atoms with E-state index in [0.717, 1.165) is 17.7 Å². The van der Waals surface area contributed by atoms with Gasteiger partial charge < -0.3 is 0 Å². The van der Waals surface area contributed by atoms with Gasteiger partial charge >= 0.3 is 0 Å². The van der Waals surface area contributed by atoms with E-state index < -0.39 is 0 Å². The van der Waals surface area contributed by atoms with Gasteiger partial charge in [-0.05, 0) is 29.7 Å². The molecule has 2 rings (SSSR count). The molecule has 0 saturated heterocycles. The summed E-state index contributed by atoms with van der Waals surface area (Å²) in [5, 5.41) is 0.